The van der Waals surface area contributed by atoms with Gasteiger partial charge in [0, 0.05) is 10.5 Å². The Morgan fingerprint density at radius 2 is 1.93 bits per heavy atom. The summed E-state index contributed by atoms with van der Waals surface area (Å²) in [5.41, 5.74) is 0.777. The zero-order valence-corrected chi connectivity index (χ0v) is 19.2. The van der Waals surface area contributed by atoms with Crippen molar-refractivity contribution in [2.45, 2.75) is 52.0 Å². The number of nitrogens with zero attached hydrogens (tertiary/aromatic N) is 1. The van der Waals surface area contributed by atoms with Crippen LogP contribution < -0.4 is 5.32 Å². The van der Waals surface area contributed by atoms with Crippen LogP contribution in [0.3, 0.4) is 0 Å². The number of carbonyl (C=O) groups is 1. The maximum atomic E-state index is 13.0. The third-order valence-electron chi connectivity index (χ3n) is 4.12. The molecule has 1 heterocycles. The van der Waals surface area contributed by atoms with Crippen molar-refractivity contribution < 1.29 is 17.9 Å². The van der Waals surface area contributed by atoms with Gasteiger partial charge in [0.25, 0.3) is 0 Å². The second-order valence-electron chi connectivity index (χ2n) is 7.08. The molecule has 0 fully saturated rings. The summed E-state index contributed by atoms with van der Waals surface area (Å²) in [4.78, 5) is 16.4. The van der Waals surface area contributed by atoms with E-state index in [-0.39, 0.29) is 17.8 Å². The number of hydrogen-bond acceptors (Lipinski definition) is 6. The molecule has 1 aromatic carbocycles. The quantitative estimate of drug-likeness (QED) is 0.625. The van der Waals surface area contributed by atoms with Crippen molar-refractivity contribution in [3.63, 3.8) is 0 Å². The third-order valence-corrected chi connectivity index (χ3v) is 8.08. The van der Waals surface area contributed by atoms with E-state index in [9.17, 15) is 13.2 Å². The summed E-state index contributed by atoms with van der Waals surface area (Å²) >= 11 is 4.79. The van der Waals surface area contributed by atoms with Crippen LogP contribution in [0.4, 0.5) is 4.79 Å². The predicted molar refractivity (Wildman–Crippen MR) is 113 cm³/mol. The van der Waals surface area contributed by atoms with Crippen LogP contribution in [-0.4, -0.2) is 37.4 Å². The molecule has 2 atom stereocenters. The van der Waals surface area contributed by atoms with E-state index in [4.69, 9.17) is 4.74 Å². The van der Waals surface area contributed by atoms with Gasteiger partial charge in [-0.25, -0.2) is 18.2 Å². The van der Waals surface area contributed by atoms with Gasteiger partial charge in [-0.2, -0.15) is 0 Å². The molecule has 0 radical (unpaired) electrons. The highest BCUT2D eigenvalue weighted by atomic mass is 79.9. The summed E-state index contributed by atoms with van der Waals surface area (Å²) < 4.78 is 32.9. The Kier molecular flexibility index (Phi) is 7.27. The summed E-state index contributed by atoms with van der Waals surface area (Å²) in [6, 6.07) is 5.13. The number of rotatable bonds is 7. The van der Waals surface area contributed by atoms with Crippen molar-refractivity contribution in [2.75, 3.05) is 5.75 Å². The Labute approximate surface area is 172 Å². The Bertz CT molecular complexity index is 909. The molecule has 9 heteroatoms. The number of thiazole rings is 1. The second-order valence-corrected chi connectivity index (χ2v) is 11.4. The zero-order valence-electron chi connectivity index (χ0n) is 16.0. The number of ether oxygens (including phenoxy) is 1. The van der Waals surface area contributed by atoms with Gasteiger partial charge in [0.05, 0.1) is 22.1 Å². The Morgan fingerprint density at radius 1 is 1.26 bits per heavy atom. The maximum Gasteiger partial charge on any atom is 0.407 e. The summed E-state index contributed by atoms with van der Waals surface area (Å²) in [7, 11) is -3.52. The average molecular weight is 477 g/mol. The van der Waals surface area contributed by atoms with E-state index < -0.39 is 27.2 Å². The van der Waals surface area contributed by atoms with E-state index >= 15 is 0 Å². The lowest BCUT2D eigenvalue weighted by atomic mass is 10.1. The van der Waals surface area contributed by atoms with Gasteiger partial charge in [-0.05, 0) is 44.9 Å². The molecule has 0 aliphatic heterocycles. The molecule has 6 nitrogen and oxygen atoms in total. The average Bonchev–Trinajstić information content (AvgIpc) is 2.95. The summed E-state index contributed by atoms with van der Waals surface area (Å²) in [5.74, 6) is -0.225. The van der Waals surface area contributed by atoms with Gasteiger partial charge in [-0.1, -0.05) is 29.8 Å². The zero-order chi connectivity index (χ0) is 20.4. The minimum atomic E-state index is -3.52. The number of benzene rings is 1. The van der Waals surface area contributed by atoms with Crippen LogP contribution in [0.1, 0.15) is 44.9 Å². The molecule has 0 aliphatic carbocycles. The summed E-state index contributed by atoms with van der Waals surface area (Å²) in [5, 5.41) is 2.48. The first-order valence-electron chi connectivity index (χ1n) is 8.74. The number of amides is 1. The maximum absolute atomic E-state index is 13.0. The Morgan fingerprint density at radius 3 is 2.52 bits per heavy atom. The molecule has 0 aliphatic rings. The highest BCUT2D eigenvalue weighted by molar-refractivity contribution is 9.10. The van der Waals surface area contributed by atoms with Crippen molar-refractivity contribution >= 4 is 53.4 Å². The van der Waals surface area contributed by atoms with Gasteiger partial charge in [-0.3, -0.25) is 0 Å². The number of aromatic nitrogens is 1. The molecule has 0 bridgehead atoms. The molecule has 1 N–H and O–H groups in total. The van der Waals surface area contributed by atoms with Crippen LogP contribution in [0.25, 0.3) is 10.2 Å². The SMILES string of the molecule is CC(C)OC(=O)NC(CS(=O)(=O)C(C)c1nc2ccc(Br)cc2s1)C(C)C. The molecule has 2 aromatic rings. The van der Waals surface area contributed by atoms with Gasteiger partial charge in [0.15, 0.2) is 9.84 Å². The molecule has 1 amide bonds. The van der Waals surface area contributed by atoms with Crippen molar-refractivity contribution in [3.05, 3.63) is 27.7 Å². The molecule has 0 spiro atoms. The normalized spacial score (nSPS) is 14.5. The van der Waals surface area contributed by atoms with Gasteiger partial charge in [0.2, 0.25) is 0 Å². The van der Waals surface area contributed by atoms with Crippen LogP contribution in [0.2, 0.25) is 0 Å². The number of carbonyl (C=O) groups excluding carboxylic acids is 1. The molecule has 0 saturated heterocycles. The fourth-order valence-electron chi connectivity index (χ4n) is 2.44. The van der Waals surface area contributed by atoms with Crippen molar-refractivity contribution in [3.8, 4) is 0 Å². The van der Waals surface area contributed by atoms with Gasteiger partial charge in [-0.15, -0.1) is 11.3 Å². The minimum Gasteiger partial charge on any atom is -0.447 e. The molecular formula is C18H25BrN2O4S2. The van der Waals surface area contributed by atoms with E-state index in [0.717, 1.165) is 14.7 Å². The minimum absolute atomic E-state index is 0.0574. The topological polar surface area (TPSA) is 85.4 Å². The standard InChI is InChI=1S/C18H25BrN2O4S2/c1-10(2)15(21-18(22)25-11(3)4)9-27(23,24)12(5)17-20-14-7-6-13(19)8-16(14)26-17/h6-8,10-12,15H,9H2,1-5H3,(H,21,22). The van der Waals surface area contributed by atoms with Crippen LogP contribution in [0, 0.1) is 5.92 Å². The lowest BCUT2D eigenvalue weighted by Crippen LogP contribution is -2.44. The van der Waals surface area contributed by atoms with Crippen LogP contribution in [-0.2, 0) is 14.6 Å². The van der Waals surface area contributed by atoms with E-state index in [0.29, 0.717) is 5.01 Å². The molecule has 0 saturated carbocycles. The number of nitrogens with one attached hydrogen (secondary N) is 1. The first-order valence-corrected chi connectivity index (χ1v) is 12.1. The molecule has 2 rings (SSSR count). The molecule has 2 unspecified atom stereocenters. The van der Waals surface area contributed by atoms with Crippen molar-refractivity contribution in [1.82, 2.24) is 10.3 Å². The van der Waals surface area contributed by atoms with E-state index in [1.807, 2.05) is 32.0 Å². The van der Waals surface area contributed by atoms with Gasteiger partial charge < -0.3 is 10.1 Å². The van der Waals surface area contributed by atoms with Crippen LogP contribution >= 0.6 is 27.3 Å². The smallest absolute Gasteiger partial charge is 0.407 e. The van der Waals surface area contributed by atoms with Crippen molar-refractivity contribution in [2.24, 2.45) is 5.92 Å². The highest BCUT2D eigenvalue weighted by Crippen LogP contribution is 2.32. The van der Waals surface area contributed by atoms with E-state index in [1.165, 1.54) is 11.3 Å². The predicted octanol–water partition coefficient (Wildman–Crippen LogP) is 4.69. The fraction of sp³-hybridized carbons (Fsp3) is 0.556. The van der Waals surface area contributed by atoms with E-state index in [1.54, 1.807) is 20.8 Å². The number of hydrogen-bond donors (Lipinski definition) is 1. The second kappa shape index (κ2) is 8.87. The first-order chi connectivity index (χ1) is 12.5. The molecular weight excluding hydrogens is 452 g/mol. The largest absolute Gasteiger partial charge is 0.447 e. The number of fused-ring (bicyclic) bond motifs is 1. The van der Waals surface area contributed by atoms with Gasteiger partial charge in [0.1, 0.15) is 10.3 Å². The number of alkyl carbamates (subject to hydrolysis) is 1. The first kappa shape index (κ1) is 22.1. The molecule has 1 aromatic heterocycles. The number of sulfone groups is 1. The van der Waals surface area contributed by atoms with Crippen LogP contribution in [0.15, 0.2) is 22.7 Å². The Balaban J connectivity index is 2.19. The summed E-state index contributed by atoms with van der Waals surface area (Å²) in [6.07, 6.45) is -0.869. The Hall–Kier alpha value is -1.19. The fourth-order valence-corrected chi connectivity index (χ4v) is 6.09. The summed E-state index contributed by atoms with van der Waals surface area (Å²) in [6.45, 7) is 8.87. The monoisotopic (exact) mass is 476 g/mol. The third kappa shape index (κ3) is 5.89. The molecule has 150 valence electrons. The lowest BCUT2D eigenvalue weighted by Gasteiger charge is -2.24. The lowest BCUT2D eigenvalue weighted by molar-refractivity contribution is 0.111. The van der Waals surface area contributed by atoms with Crippen molar-refractivity contribution in [1.29, 1.82) is 0 Å². The highest BCUT2D eigenvalue weighted by Gasteiger charge is 2.31. The molecule has 27 heavy (non-hydrogen) atoms. The van der Waals surface area contributed by atoms with E-state index in [2.05, 4.69) is 26.2 Å². The van der Waals surface area contributed by atoms with Gasteiger partial charge >= 0.3 is 6.09 Å². The number of halogens is 1. The van der Waals surface area contributed by atoms with Crippen LogP contribution in [0.5, 0.6) is 0 Å².